The number of halogens is 4. The number of amides is 1. The van der Waals surface area contributed by atoms with Crippen LogP contribution in [0, 0.1) is 19.7 Å². The van der Waals surface area contributed by atoms with Crippen molar-refractivity contribution in [2.75, 3.05) is 11.6 Å². The van der Waals surface area contributed by atoms with Crippen LogP contribution in [0.3, 0.4) is 0 Å². The smallest absolute Gasteiger partial charge is 0.399 e. The van der Waals surface area contributed by atoms with Gasteiger partial charge in [-0.25, -0.2) is 15.2 Å². The summed E-state index contributed by atoms with van der Waals surface area (Å²) in [6.45, 7) is 4.72. The van der Waals surface area contributed by atoms with Gasteiger partial charge in [-0.05, 0) is 50.1 Å². The Labute approximate surface area is 177 Å². The molecule has 0 fully saturated rings. The van der Waals surface area contributed by atoms with Crippen molar-refractivity contribution in [2.24, 2.45) is 11.6 Å². The Balaban J connectivity index is 1.90. The van der Waals surface area contributed by atoms with E-state index in [2.05, 4.69) is 4.98 Å². The number of nitrogens with two attached hydrogens (primary N) is 2. The van der Waals surface area contributed by atoms with Crippen molar-refractivity contribution < 1.29 is 22.4 Å². The molecule has 10 heteroatoms. The second-order valence-electron chi connectivity index (χ2n) is 7.46. The lowest BCUT2D eigenvalue weighted by Gasteiger charge is -2.38. The number of aromatic nitrogens is 1. The zero-order chi connectivity index (χ0) is 23.1. The van der Waals surface area contributed by atoms with E-state index >= 15 is 0 Å². The summed E-state index contributed by atoms with van der Waals surface area (Å²) in [5.41, 5.74) is 6.40. The molecule has 0 radical (unpaired) electrons. The van der Waals surface area contributed by atoms with Gasteiger partial charge in [0.1, 0.15) is 11.6 Å². The number of nitrogens with zero attached hydrogens (tertiary/aromatic N) is 3. The van der Waals surface area contributed by atoms with Gasteiger partial charge in [-0.3, -0.25) is 9.80 Å². The normalized spacial score (nSPS) is 17.2. The highest BCUT2D eigenvalue weighted by molar-refractivity contribution is 5.96. The first-order chi connectivity index (χ1) is 14.4. The lowest BCUT2D eigenvalue weighted by atomic mass is 9.98. The highest BCUT2D eigenvalue weighted by atomic mass is 19.4. The van der Waals surface area contributed by atoms with Gasteiger partial charge in [-0.1, -0.05) is 6.07 Å². The van der Waals surface area contributed by atoms with Crippen LogP contribution in [0.25, 0.3) is 0 Å². The maximum absolute atomic E-state index is 13.5. The van der Waals surface area contributed by atoms with Crippen LogP contribution >= 0.6 is 0 Å². The molecule has 2 heterocycles. The van der Waals surface area contributed by atoms with Gasteiger partial charge in [0.2, 0.25) is 0 Å². The lowest BCUT2D eigenvalue weighted by Crippen LogP contribution is -2.49. The number of hydrogen-bond acceptors (Lipinski definition) is 5. The summed E-state index contributed by atoms with van der Waals surface area (Å²) in [5, 5.41) is 1.25. The van der Waals surface area contributed by atoms with Gasteiger partial charge >= 0.3 is 6.18 Å². The standard InChI is InChI=1S/C21H23F4N5O/c1-11-9-18(28-10-16(11)22)30(27)17-7-8-29(13(3)19(17)26)20(31)14-5-4-6-15(12(14)2)21(23,24)25/h4-6,9-10,13H,7-8,26-27H2,1-3H3. The molecule has 1 aliphatic heterocycles. The third-order valence-corrected chi connectivity index (χ3v) is 5.54. The highest BCUT2D eigenvalue weighted by Gasteiger charge is 2.36. The number of aryl methyl sites for hydroxylation is 1. The predicted octanol–water partition coefficient (Wildman–Crippen LogP) is 3.64. The molecule has 31 heavy (non-hydrogen) atoms. The monoisotopic (exact) mass is 437 g/mol. The number of hydrogen-bond donors (Lipinski definition) is 2. The average Bonchev–Trinajstić information content (AvgIpc) is 2.70. The van der Waals surface area contributed by atoms with Crippen molar-refractivity contribution in [1.29, 1.82) is 0 Å². The summed E-state index contributed by atoms with van der Waals surface area (Å²) in [7, 11) is 0. The first-order valence-corrected chi connectivity index (χ1v) is 9.56. The van der Waals surface area contributed by atoms with Crippen LogP contribution in [0.15, 0.2) is 41.9 Å². The molecule has 4 N–H and O–H groups in total. The Hall–Kier alpha value is -3.14. The minimum Gasteiger partial charge on any atom is -0.399 e. The minimum atomic E-state index is -4.56. The maximum atomic E-state index is 13.5. The number of carbonyl (C=O) groups is 1. The van der Waals surface area contributed by atoms with E-state index in [4.69, 9.17) is 11.6 Å². The molecule has 0 spiro atoms. The maximum Gasteiger partial charge on any atom is 0.416 e. The van der Waals surface area contributed by atoms with E-state index in [1.54, 1.807) is 13.8 Å². The molecule has 3 rings (SSSR count). The molecule has 1 atom stereocenters. The van der Waals surface area contributed by atoms with Gasteiger partial charge in [0, 0.05) is 18.5 Å². The Morgan fingerprint density at radius 1 is 1.29 bits per heavy atom. The van der Waals surface area contributed by atoms with Crippen molar-refractivity contribution in [2.45, 2.75) is 39.4 Å². The van der Waals surface area contributed by atoms with E-state index in [1.807, 2.05) is 0 Å². The van der Waals surface area contributed by atoms with Crippen molar-refractivity contribution in [1.82, 2.24) is 9.88 Å². The van der Waals surface area contributed by atoms with Crippen molar-refractivity contribution in [3.8, 4) is 0 Å². The first kappa shape index (κ1) is 22.5. The second-order valence-corrected chi connectivity index (χ2v) is 7.46. The number of rotatable bonds is 3. The van der Waals surface area contributed by atoms with Gasteiger partial charge in [0.05, 0.1) is 29.2 Å². The number of pyridine rings is 1. The van der Waals surface area contributed by atoms with Gasteiger partial charge in [-0.2, -0.15) is 13.2 Å². The minimum absolute atomic E-state index is 0.0293. The second kappa shape index (κ2) is 8.18. The molecule has 0 saturated carbocycles. The third-order valence-electron chi connectivity index (χ3n) is 5.54. The summed E-state index contributed by atoms with van der Waals surface area (Å²) in [4.78, 5) is 18.4. The van der Waals surface area contributed by atoms with Gasteiger partial charge < -0.3 is 10.6 Å². The van der Waals surface area contributed by atoms with Crippen LogP contribution in [-0.2, 0) is 6.18 Å². The third kappa shape index (κ3) is 4.20. The molecule has 166 valence electrons. The molecule has 0 saturated heterocycles. The molecular weight excluding hydrogens is 414 g/mol. The number of anilines is 1. The Morgan fingerprint density at radius 2 is 1.97 bits per heavy atom. The predicted molar refractivity (Wildman–Crippen MR) is 108 cm³/mol. The van der Waals surface area contributed by atoms with Crippen LogP contribution in [-0.4, -0.2) is 28.4 Å². The molecule has 0 bridgehead atoms. The van der Waals surface area contributed by atoms with E-state index in [0.29, 0.717) is 11.3 Å². The Morgan fingerprint density at radius 3 is 2.58 bits per heavy atom. The zero-order valence-corrected chi connectivity index (χ0v) is 17.3. The fourth-order valence-electron chi connectivity index (χ4n) is 3.63. The Bertz CT molecular complexity index is 1050. The Kier molecular flexibility index (Phi) is 5.95. The molecule has 1 aromatic heterocycles. The molecule has 0 aliphatic carbocycles. The van der Waals surface area contributed by atoms with E-state index < -0.39 is 29.5 Å². The quantitative estimate of drug-likeness (QED) is 0.435. The SMILES string of the molecule is Cc1cc(N(N)C2=C(N)C(C)N(C(=O)c3cccc(C(F)(F)F)c3C)CC2)ncc1F. The molecule has 6 nitrogen and oxygen atoms in total. The van der Waals surface area contributed by atoms with E-state index in [0.717, 1.165) is 12.3 Å². The summed E-state index contributed by atoms with van der Waals surface area (Å²) < 4.78 is 53.2. The number of carbonyl (C=O) groups excluding carboxylic acids is 1. The number of benzene rings is 1. The molecule has 1 aliphatic rings. The molecule has 2 aromatic rings. The zero-order valence-electron chi connectivity index (χ0n) is 17.3. The summed E-state index contributed by atoms with van der Waals surface area (Å²) in [6.07, 6.45) is -3.24. The summed E-state index contributed by atoms with van der Waals surface area (Å²) in [6, 6.07) is 4.39. The van der Waals surface area contributed by atoms with E-state index in [9.17, 15) is 22.4 Å². The largest absolute Gasteiger partial charge is 0.416 e. The molecular formula is C21H23F4N5O. The van der Waals surface area contributed by atoms with Crippen molar-refractivity contribution >= 4 is 11.7 Å². The van der Waals surface area contributed by atoms with Crippen molar-refractivity contribution in [3.05, 3.63) is 69.9 Å². The molecule has 1 unspecified atom stereocenters. The van der Waals surface area contributed by atoms with E-state index in [-0.39, 0.29) is 35.6 Å². The van der Waals surface area contributed by atoms with Gasteiger partial charge in [-0.15, -0.1) is 0 Å². The fourth-order valence-corrected chi connectivity index (χ4v) is 3.63. The van der Waals surface area contributed by atoms with E-state index in [1.165, 1.54) is 35.0 Å². The fraction of sp³-hybridized carbons (Fsp3) is 0.333. The number of alkyl halides is 3. The lowest BCUT2D eigenvalue weighted by molar-refractivity contribution is -0.138. The molecule has 1 amide bonds. The highest BCUT2D eigenvalue weighted by Crippen LogP contribution is 2.34. The van der Waals surface area contributed by atoms with Crippen LogP contribution in [0.5, 0.6) is 0 Å². The van der Waals surface area contributed by atoms with Gasteiger partial charge in [0.15, 0.2) is 0 Å². The first-order valence-electron chi connectivity index (χ1n) is 9.56. The van der Waals surface area contributed by atoms with Crippen LogP contribution in [0.4, 0.5) is 23.4 Å². The summed E-state index contributed by atoms with van der Waals surface area (Å²) >= 11 is 0. The van der Waals surface area contributed by atoms with Crippen molar-refractivity contribution in [3.63, 3.8) is 0 Å². The summed E-state index contributed by atoms with van der Waals surface area (Å²) in [5.74, 6) is 5.43. The number of hydrazine groups is 1. The topological polar surface area (TPSA) is 88.5 Å². The van der Waals surface area contributed by atoms with Crippen LogP contribution < -0.4 is 16.6 Å². The molecule has 1 aromatic carbocycles. The average molecular weight is 437 g/mol. The van der Waals surface area contributed by atoms with Gasteiger partial charge in [0.25, 0.3) is 5.91 Å². The van der Waals surface area contributed by atoms with Crippen LogP contribution in [0.1, 0.15) is 40.4 Å². The van der Waals surface area contributed by atoms with Crippen LogP contribution in [0.2, 0.25) is 0 Å².